The predicted molar refractivity (Wildman–Crippen MR) is 106 cm³/mol. The molecule has 2 amide bonds. The zero-order chi connectivity index (χ0) is 19.2. The van der Waals surface area contributed by atoms with Crippen LogP contribution in [0.1, 0.15) is 31.8 Å². The third-order valence-electron chi connectivity index (χ3n) is 4.02. The molecule has 0 atom stereocenters. The Morgan fingerprint density at radius 1 is 0.963 bits per heavy atom. The molecule has 2 N–H and O–H groups in total. The number of hydrogen-bond acceptors (Lipinski definition) is 3. The SMILES string of the molecule is Cc1ccccc1NC(=O)c1cncc(C(=O)NCc2ccc(Cl)cc2)c1. The number of carbonyl (C=O) groups excluding carboxylic acids is 2. The molecule has 3 aromatic rings. The summed E-state index contributed by atoms with van der Waals surface area (Å²) < 4.78 is 0. The van der Waals surface area contributed by atoms with Gasteiger partial charge in [0, 0.05) is 29.6 Å². The molecular weight excluding hydrogens is 362 g/mol. The molecule has 0 aliphatic carbocycles. The van der Waals surface area contributed by atoms with Crippen LogP contribution >= 0.6 is 11.6 Å². The lowest BCUT2D eigenvalue weighted by molar-refractivity contribution is 0.0950. The van der Waals surface area contributed by atoms with Gasteiger partial charge >= 0.3 is 0 Å². The third kappa shape index (κ3) is 4.92. The van der Waals surface area contributed by atoms with Crippen LogP contribution in [0.5, 0.6) is 0 Å². The van der Waals surface area contributed by atoms with E-state index in [9.17, 15) is 9.59 Å². The summed E-state index contributed by atoms with van der Waals surface area (Å²) in [5.41, 5.74) is 3.24. The Labute approximate surface area is 162 Å². The number of para-hydroxylation sites is 1. The van der Waals surface area contributed by atoms with E-state index in [2.05, 4.69) is 15.6 Å². The molecule has 0 spiro atoms. The van der Waals surface area contributed by atoms with Crippen molar-refractivity contribution in [2.75, 3.05) is 5.32 Å². The number of nitrogens with zero attached hydrogens (tertiary/aromatic N) is 1. The number of carbonyl (C=O) groups is 2. The summed E-state index contributed by atoms with van der Waals surface area (Å²) >= 11 is 5.85. The molecule has 0 radical (unpaired) electrons. The molecule has 3 rings (SSSR count). The highest BCUT2D eigenvalue weighted by Crippen LogP contribution is 2.15. The first-order chi connectivity index (χ1) is 13.0. The number of hydrogen-bond donors (Lipinski definition) is 2. The fourth-order valence-corrected chi connectivity index (χ4v) is 2.61. The largest absolute Gasteiger partial charge is 0.348 e. The van der Waals surface area contributed by atoms with Gasteiger partial charge in [-0.3, -0.25) is 14.6 Å². The van der Waals surface area contributed by atoms with E-state index in [1.165, 1.54) is 18.5 Å². The number of benzene rings is 2. The van der Waals surface area contributed by atoms with E-state index in [1.54, 1.807) is 12.1 Å². The van der Waals surface area contributed by atoms with Crippen LogP contribution in [-0.4, -0.2) is 16.8 Å². The summed E-state index contributed by atoms with van der Waals surface area (Å²) in [6, 6.07) is 16.2. The van der Waals surface area contributed by atoms with Gasteiger partial charge in [0.15, 0.2) is 0 Å². The molecule has 136 valence electrons. The van der Waals surface area contributed by atoms with Gasteiger partial charge in [-0.05, 0) is 42.3 Å². The maximum atomic E-state index is 12.5. The standard InChI is InChI=1S/C21H18ClN3O2/c1-14-4-2-3-5-19(14)25-21(27)17-10-16(12-23-13-17)20(26)24-11-15-6-8-18(22)9-7-15/h2-10,12-13H,11H2,1H3,(H,24,26)(H,25,27). The van der Waals surface area contributed by atoms with E-state index in [1.807, 2.05) is 43.3 Å². The second-order valence-electron chi connectivity index (χ2n) is 6.04. The highest BCUT2D eigenvalue weighted by atomic mass is 35.5. The van der Waals surface area contributed by atoms with Crippen molar-refractivity contribution in [3.05, 3.63) is 94.3 Å². The summed E-state index contributed by atoms with van der Waals surface area (Å²) in [7, 11) is 0. The first kappa shape index (κ1) is 18.6. The Kier molecular flexibility index (Phi) is 5.84. The van der Waals surface area contributed by atoms with Crippen molar-refractivity contribution in [2.45, 2.75) is 13.5 Å². The van der Waals surface area contributed by atoms with Gasteiger partial charge in [0.2, 0.25) is 0 Å². The van der Waals surface area contributed by atoms with Crippen molar-refractivity contribution >= 4 is 29.1 Å². The summed E-state index contributed by atoms with van der Waals surface area (Å²) in [4.78, 5) is 28.8. The van der Waals surface area contributed by atoms with Crippen LogP contribution < -0.4 is 10.6 Å². The van der Waals surface area contributed by atoms with E-state index < -0.39 is 0 Å². The van der Waals surface area contributed by atoms with Crippen LogP contribution in [0.15, 0.2) is 67.0 Å². The van der Waals surface area contributed by atoms with E-state index >= 15 is 0 Å². The molecule has 2 aromatic carbocycles. The summed E-state index contributed by atoms with van der Waals surface area (Å²) in [6.07, 6.45) is 2.87. The smallest absolute Gasteiger partial charge is 0.257 e. The fraction of sp³-hybridized carbons (Fsp3) is 0.0952. The maximum Gasteiger partial charge on any atom is 0.257 e. The van der Waals surface area contributed by atoms with Crippen molar-refractivity contribution in [2.24, 2.45) is 0 Å². The lowest BCUT2D eigenvalue weighted by atomic mass is 10.1. The number of anilines is 1. The Hall–Kier alpha value is -3.18. The Bertz CT molecular complexity index is 971. The van der Waals surface area contributed by atoms with E-state index in [-0.39, 0.29) is 11.8 Å². The van der Waals surface area contributed by atoms with E-state index in [0.717, 1.165) is 16.8 Å². The Morgan fingerprint density at radius 2 is 1.63 bits per heavy atom. The number of aromatic nitrogens is 1. The molecule has 6 heteroatoms. The highest BCUT2D eigenvalue weighted by Gasteiger charge is 2.12. The maximum absolute atomic E-state index is 12.5. The minimum atomic E-state index is -0.316. The van der Waals surface area contributed by atoms with Crippen molar-refractivity contribution in [3.8, 4) is 0 Å². The fourth-order valence-electron chi connectivity index (χ4n) is 2.48. The van der Waals surface area contributed by atoms with Crippen molar-refractivity contribution in [3.63, 3.8) is 0 Å². The average molecular weight is 380 g/mol. The molecule has 1 aromatic heterocycles. The number of amides is 2. The summed E-state index contributed by atoms with van der Waals surface area (Å²) in [5.74, 6) is -0.618. The molecule has 0 saturated carbocycles. The van der Waals surface area contributed by atoms with Gasteiger partial charge in [-0.2, -0.15) is 0 Å². The summed E-state index contributed by atoms with van der Waals surface area (Å²) in [5, 5.41) is 6.28. The van der Waals surface area contributed by atoms with Gasteiger partial charge in [0.05, 0.1) is 11.1 Å². The first-order valence-corrected chi connectivity index (χ1v) is 8.75. The minimum Gasteiger partial charge on any atom is -0.348 e. The molecule has 0 fully saturated rings. The zero-order valence-corrected chi connectivity index (χ0v) is 15.5. The van der Waals surface area contributed by atoms with E-state index in [4.69, 9.17) is 11.6 Å². The number of nitrogens with one attached hydrogen (secondary N) is 2. The van der Waals surface area contributed by atoms with Crippen LogP contribution in [-0.2, 0) is 6.54 Å². The monoisotopic (exact) mass is 379 g/mol. The topological polar surface area (TPSA) is 71.1 Å². The van der Waals surface area contributed by atoms with Gasteiger partial charge in [-0.1, -0.05) is 41.9 Å². The second kappa shape index (κ2) is 8.47. The molecular formula is C21H18ClN3O2. The van der Waals surface area contributed by atoms with Gasteiger partial charge in [0.25, 0.3) is 11.8 Å². The first-order valence-electron chi connectivity index (χ1n) is 8.37. The molecule has 27 heavy (non-hydrogen) atoms. The minimum absolute atomic E-state index is 0.303. The van der Waals surface area contributed by atoms with Gasteiger partial charge < -0.3 is 10.6 Å². The van der Waals surface area contributed by atoms with Crippen LogP contribution in [0, 0.1) is 6.92 Å². The van der Waals surface area contributed by atoms with Crippen LogP contribution in [0.3, 0.4) is 0 Å². The summed E-state index contributed by atoms with van der Waals surface area (Å²) in [6.45, 7) is 2.27. The number of rotatable bonds is 5. The van der Waals surface area contributed by atoms with Crippen molar-refractivity contribution in [1.29, 1.82) is 0 Å². The molecule has 0 unspecified atom stereocenters. The molecule has 5 nitrogen and oxygen atoms in total. The van der Waals surface area contributed by atoms with Crippen molar-refractivity contribution in [1.82, 2.24) is 10.3 Å². The lowest BCUT2D eigenvalue weighted by Gasteiger charge is -2.09. The van der Waals surface area contributed by atoms with Gasteiger partial charge in [-0.15, -0.1) is 0 Å². The number of aryl methyl sites for hydroxylation is 1. The predicted octanol–water partition coefficient (Wildman–Crippen LogP) is 4.23. The van der Waals surface area contributed by atoms with Gasteiger partial charge in [0.1, 0.15) is 0 Å². The number of halogens is 1. The van der Waals surface area contributed by atoms with Crippen LogP contribution in [0.4, 0.5) is 5.69 Å². The lowest BCUT2D eigenvalue weighted by Crippen LogP contribution is -2.23. The van der Waals surface area contributed by atoms with Crippen LogP contribution in [0.25, 0.3) is 0 Å². The molecule has 1 heterocycles. The molecule has 0 bridgehead atoms. The Morgan fingerprint density at radius 3 is 2.33 bits per heavy atom. The highest BCUT2D eigenvalue weighted by molar-refractivity contribution is 6.30. The van der Waals surface area contributed by atoms with Gasteiger partial charge in [-0.25, -0.2) is 0 Å². The zero-order valence-electron chi connectivity index (χ0n) is 14.7. The second-order valence-corrected chi connectivity index (χ2v) is 6.48. The quantitative estimate of drug-likeness (QED) is 0.697. The molecule has 0 aliphatic rings. The number of pyridine rings is 1. The average Bonchev–Trinajstić information content (AvgIpc) is 2.69. The van der Waals surface area contributed by atoms with Crippen molar-refractivity contribution < 1.29 is 9.59 Å². The molecule has 0 saturated heterocycles. The van der Waals surface area contributed by atoms with Crippen LogP contribution in [0.2, 0.25) is 5.02 Å². The molecule has 0 aliphatic heterocycles. The third-order valence-corrected chi connectivity index (χ3v) is 4.27. The Balaban J connectivity index is 1.67. The van der Waals surface area contributed by atoms with E-state index in [0.29, 0.717) is 22.7 Å². The normalized spacial score (nSPS) is 10.3.